The fourth-order valence-corrected chi connectivity index (χ4v) is 5.63. The topological polar surface area (TPSA) is 106 Å². The Labute approximate surface area is 261 Å². The molecule has 9 heteroatoms. The molecule has 0 saturated carbocycles. The molecule has 228 valence electrons. The molecule has 9 nitrogen and oxygen atoms in total. The number of benzene rings is 3. The zero-order valence-corrected chi connectivity index (χ0v) is 25.6. The van der Waals surface area contributed by atoms with E-state index in [-0.39, 0.29) is 23.3 Å². The lowest BCUT2D eigenvalue weighted by molar-refractivity contribution is -0.116. The number of fused-ring (bicyclic) bond motifs is 2. The van der Waals surface area contributed by atoms with Gasteiger partial charge in [-0.1, -0.05) is 24.3 Å². The molecule has 2 aliphatic heterocycles. The molecular weight excluding hydrogens is 570 g/mol. The maximum atomic E-state index is 13.4. The average molecular weight is 604 g/mol. The van der Waals surface area contributed by atoms with Gasteiger partial charge in [-0.3, -0.25) is 19.3 Å². The van der Waals surface area contributed by atoms with Crippen LogP contribution in [0.4, 0.5) is 5.69 Å². The van der Waals surface area contributed by atoms with Gasteiger partial charge in [0.2, 0.25) is 11.7 Å². The summed E-state index contributed by atoms with van der Waals surface area (Å²) >= 11 is 0. The summed E-state index contributed by atoms with van der Waals surface area (Å²) in [6, 6.07) is 21.2. The van der Waals surface area contributed by atoms with Crippen LogP contribution in [0.5, 0.6) is 0 Å². The van der Waals surface area contributed by atoms with Crippen LogP contribution in [-0.2, 0) is 14.3 Å². The summed E-state index contributed by atoms with van der Waals surface area (Å²) in [5, 5.41) is 0.696. The van der Waals surface area contributed by atoms with Crippen molar-refractivity contribution in [3.05, 3.63) is 101 Å². The number of hydrogen-bond donors (Lipinski definition) is 0. The van der Waals surface area contributed by atoms with E-state index in [0.29, 0.717) is 76.4 Å². The number of nitrogens with zero attached hydrogens (tertiary/aromatic N) is 3. The molecule has 4 aromatic rings. The summed E-state index contributed by atoms with van der Waals surface area (Å²) in [4.78, 5) is 60.6. The predicted molar refractivity (Wildman–Crippen MR) is 171 cm³/mol. The molecule has 45 heavy (non-hydrogen) atoms. The highest BCUT2D eigenvalue weighted by molar-refractivity contribution is 6.26. The number of carbonyl (C=O) groups is 4. The molecule has 0 unspecified atom stereocenters. The van der Waals surface area contributed by atoms with Crippen LogP contribution in [-0.4, -0.2) is 65.4 Å². The van der Waals surface area contributed by atoms with Crippen molar-refractivity contribution in [2.45, 2.75) is 33.3 Å². The number of hydrogen-bond acceptors (Lipinski definition) is 7. The van der Waals surface area contributed by atoms with Crippen LogP contribution in [0.3, 0.4) is 0 Å². The quantitative estimate of drug-likeness (QED) is 0.211. The van der Waals surface area contributed by atoms with Gasteiger partial charge in [0.1, 0.15) is 5.60 Å². The lowest BCUT2D eigenvalue weighted by atomic mass is 9.96. The first-order chi connectivity index (χ1) is 21.5. The second kappa shape index (κ2) is 11.7. The normalized spacial score (nSPS) is 15.8. The highest BCUT2D eigenvalue weighted by Gasteiger charge is 2.34. The van der Waals surface area contributed by atoms with Crippen molar-refractivity contribution in [3.63, 3.8) is 0 Å². The van der Waals surface area contributed by atoms with Crippen LogP contribution in [0.2, 0.25) is 0 Å². The van der Waals surface area contributed by atoms with Gasteiger partial charge in [-0.2, -0.15) is 0 Å². The molecule has 2 aliphatic rings. The van der Waals surface area contributed by atoms with Gasteiger partial charge in [-0.15, -0.1) is 0 Å². The van der Waals surface area contributed by atoms with E-state index in [1.165, 1.54) is 11.8 Å². The van der Waals surface area contributed by atoms with E-state index in [0.717, 1.165) is 0 Å². The van der Waals surface area contributed by atoms with E-state index < -0.39 is 11.6 Å². The lowest BCUT2D eigenvalue weighted by Gasteiger charge is -2.27. The number of pyridine rings is 1. The molecule has 2 amide bonds. The van der Waals surface area contributed by atoms with Gasteiger partial charge >= 0.3 is 5.97 Å². The number of ketones is 1. The Balaban J connectivity index is 1.50. The fraction of sp³-hybridized carbons (Fsp3) is 0.250. The van der Waals surface area contributed by atoms with Gasteiger partial charge in [-0.25, -0.2) is 9.78 Å². The van der Waals surface area contributed by atoms with E-state index in [1.54, 1.807) is 71.6 Å². The standard InChI is InChI=1S/C36H33N3O6/c1-22(40)39-31-11-6-5-10-27(31)33(41)32(39)21-26-20-28(23-8-7-9-25(18-23)35(43)45-36(2,3)4)29-19-24(12-13-30(29)37-26)34(42)38-14-16-44-17-15-38/h5-13,18-21H,14-17H2,1-4H3/b32-21-. The molecule has 0 spiro atoms. The van der Waals surface area contributed by atoms with Crippen LogP contribution in [0, 0.1) is 0 Å². The molecular formula is C36H33N3O6. The first-order valence-corrected chi connectivity index (χ1v) is 14.8. The van der Waals surface area contributed by atoms with Crippen molar-refractivity contribution >= 4 is 46.2 Å². The number of amides is 2. The third kappa shape index (κ3) is 5.99. The van der Waals surface area contributed by atoms with Crippen LogP contribution in [0.15, 0.2) is 78.5 Å². The third-order valence-electron chi connectivity index (χ3n) is 7.64. The summed E-state index contributed by atoms with van der Waals surface area (Å²) < 4.78 is 11.0. The minimum atomic E-state index is -0.668. The molecule has 0 aliphatic carbocycles. The Kier molecular flexibility index (Phi) is 7.80. The van der Waals surface area contributed by atoms with E-state index in [9.17, 15) is 19.2 Å². The monoisotopic (exact) mass is 603 g/mol. The summed E-state index contributed by atoms with van der Waals surface area (Å²) in [5.74, 6) is -1.13. The Hall–Kier alpha value is -5.15. The Morgan fingerprint density at radius 1 is 0.889 bits per heavy atom. The number of aromatic nitrogens is 1. The number of anilines is 1. The molecule has 3 heterocycles. The van der Waals surface area contributed by atoms with Gasteiger partial charge in [0, 0.05) is 36.5 Å². The smallest absolute Gasteiger partial charge is 0.338 e. The number of esters is 1. The number of allylic oxidation sites excluding steroid dienone is 1. The number of para-hydroxylation sites is 1. The molecule has 1 fully saturated rings. The summed E-state index contributed by atoms with van der Waals surface area (Å²) in [7, 11) is 0. The Morgan fingerprint density at radius 3 is 2.38 bits per heavy atom. The van der Waals surface area contributed by atoms with Crippen molar-refractivity contribution in [3.8, 4) is 11.1 Å². The maximum absolute atomic E-state index is 13.4. The average Bonchev–Trinajstić information content (AvgIpc) is 3.30. The van der Waals surface area contributed by atoms with Crippen LogP contribution >= 0.6 is 0 Å². The van der Waals surface area contributed by atoms with Gasteiger partial charge in [0.25, 0.3) is 5.91 Å². The number of Topliss-reactive ketones (excluding diaryl/α,β-unsaturated/α-hetero) is 1. The minimum absolute atomic E-state index is 0.105. The SMILES string of the molecule is CC(=O)N1/C(=C\c2cc(-c3cccc(C(=O)OC(C)(C)C)c3)c3cc(C(=O)N4CCOCC4)ccc3n2)C(=O)c2ccccc21. The molecule has 6 rings (SSSR count). The predicted octanol–water partition coefficient (Wildman–Crippen LogP) is 5.92. The molecule has 3 aromatic carbocycles. The molecule has 1 aromatic heterocycles. The van der Waals surface area contributed by atoms with Crippen molar-refractivity contribution in [2.75, 3.05) is 31.2 Å². The Morgan fingerprint density at radius 2 is 1.64 bits per heavy atom. The molecule has 1 saturated heterocycles. The third-order valence-corrected chi connectivity index (χ3v) is 7.64. The fourth-order valence-electron chi connectivity index (χ4n) is 5.63. The summed E-state index contributed by atoms with van der Waals surface area (Å²) in [6.45, 7) is 8.84. The van der Waals surface area contributed by atoms with Gasteiger partial charge in [0.05, 0.1) is 41.4 Å². The number of morpholine rings is 1. The zero-order chi connectivity index (χ0) is 31.9. The van der Waals surface area contributed by atoms with Gasteiger partial charge < -0.3 is 14.4 Å². The lowest BCUT2D eigenvalue weighted by Crippen LogP contribution is -2.40. The van der Waals surface area contributed by atoms with E-state index in [1.807, 2.05) is 32.9 Å². The second-order valence-electron chi connectivity index (χ2n) is 12.0. The number of carbonyl (C=O) groups excluding carboxylic acids is 4. The molecule has 0 atom stereocenters. The highest BCUT2D eigenvalue weighted by Crippen LogP contribution is 2.37. The van der Waals surface area contributed by atoms with Crippen molar-refractivity contribution < 1.29 is 28.7 Å². The van der Waals surface area contributed by atoms with Crippen LogP contribution in [0.1, 0.15) is 64.5 Å². The minimum Gasteiger partial charge on any atom is -0.456 e. The van der Waals surface area contributed by atoms with Crippen molar-refractivity contribution in [2.24, 2.45) is 0 Å². The molecule has 0 N–H and O–H groups in total. The van der Waals surface area contributed by atoms with E-state index in [2.05, 4.69) is 0 Å². The van der Waals surface area contributed by atoms with Gasteiger partial charge in [0.15, 0.2) is 0 Å². The van der Waals surface area contributed by atoms with Crippen LogP contribution < -0.4 is 4.90 Å². The Bertz CT molecular complexity index is 1900. The molecule has 0 radical (unpaired) electrons. The first-order valence-electron chi connectivity index (χ1n) is 14.8. The highest BCUT2D eigenvalue weighted by atomic mass is 16.6. The van der Waals surface area contributed by atoms with E-state index >= 15 is 0 Å². The van der Waals surface area contributed by atoms with Gasteiger partial charge in [-0.05, 0) is 86.5 Å². The van der Waals surface area contributed by atoms with Crippen molar-refractivity contribution in [1.82, 2.24) is 9.88 Å². The first kappa shape index (κ1) is 29.9. The summed E-state index contributed by atoms with van der Waals surface area (Å²) in [6.07, 6.45) is 1.61. The maximum Gasteiger partial charge on any atom is 0.338 e. The van der Waals surface area contributed by atoms with E-state index in [4.69, 9.17) is 14.5 Å². The number of rotatable bonds is 4. The second-order valence-corrected chi connectivity index (χ2v) is 12.0. The van der Waals surface area contributed by atoms with Crippen LogP contribution in [0.25, 0.3) is 28.1 Å². The largest absolute Gasteiger partial charge is 0.456 e. The summed E-state index contributed by atoms with van der Waals surface area (Å²) in [5.41, 5.74) is 3.80. The van der Waals surface area contributed by atoms with Crippen molar-refractivity contribution in [1.29, 1.82) is 0 Å². The molecule has 0 bridgehead atoms. The number of ether oxygens (including phenoxy) is 2. The zero-order valence-electron chi connectivity index (χ0n) is 25.6.